The molecule has 8 aliphatic rings. The maximum Gasteiger partial charge on any atom is 0.270 e. The Morgan fingerprint density at radius 1 is 0.835 bits per heavy atom. The Morgan fingerprint density at radius 2 is 1.59 bits per heavy atom. The molecule has 4 bridgehead atoms. The van der Waals surface area contributed by atoms with Crippen molar-refractivity contribution in [2.45, 2.75) is 207 Å². The number of fused-ring (bicyclic) bond motifs is 2. The Morgan fingerprint density at radius 3 is 2.31 bits per heavy atom. The number of ether oxygens (including phenoxy) is 1. The zero-order valence-corrected chi connectivity index (χ0v) is 59.6. The average Bonchev–Trinajstić information content (AvgIpc) is 1.55. The molecular weight excluding hydrogens is 1260 g/mol. The maximum absolute atomic E-state index is 15.3. The first-order valence-corrected chi connectivity index (χ1v) is 37.2. The summed E-state index contributed by atoms with van der Waals surface area (Å²) < 4.78 is 10.5. The van der Waals surface area contributed by atoms with Crippen molar-refractivity contribution in [3.63, 3.8) is 0 Å². The smallest absolute Gasteiger partial charge is 0.270 e. The van der Waals surface area contributed by atoms with Crippen LogP contribution >= 0.6 is 22.7 Å². The van der Waals surface area contributed by atoms with Crippen LogP contribution in [0.5, 0.6) is 0 Å². The molecule has 5 aliphatic carbocycles. The minimum atomic E-state index is -0.950. The van der Waals surface area contributed by atoms with Crippen LogP contribution in [0.3, 0.4) is 0 Å². The van der Waals surface area contributed by atoms with Crippen molar-refractivity contribution in [2.75, 3.05) is 49.5 Å². The van der Waals surface area contributed by atoms with Crippen molar-refractivity contribution in [1.29, 1.82) is 0 Å². The normalized spacial score (nSPS) is 26.9. The molecule has 7 fully saturated rings. The highest BCUT2D eigenvalue weighted by molar-refractivity contribution is 7.22. The maximum atomic E-state index is 15.3. The molecule has 0 spiro atoms. The summed E-state index contributed by atoms with van der Waals surface area (Å²) in [5, 5.41) is 39.6. The molecule has 4 amide bonds. The second-order valence-corrected chi connectivity index (χ2v) is 33.6. The third-order valence-electron chi connectivity index (χ3n) is 22.5. The molecule has 514 valence electrons. The fraction of sp³-hybridized carbons (Fsp3) is 0.573. The largest absolute Gasteiger partial charge is 0.391 e. The Balaban J connectivity index is 0.667. The van der Waals surface area contributed by atoms with Gasteiger partial charge in [0.25, 0.3) is 5.91 Å². The average molecular weight is 1350 g/mol. The summed E-state index contributed by atoms with van der Waals surface area (Å²) in [5.41, 5.74) is 10.2. The number of aromatic nitrogens is 7. The van der Waals surface area contributed by atoms with Crippen LogP contribution in [-0.2, 0) is 32.1 Å². The number of benzene rings is 2. The highest BCUT2D eigenvalue weighted by atomic mass is 32.1. The Kier molecular flexibility index (Phi) is 18.3. The molecule has 2 saturated heterocycles. The van der Waals surface area contributed by atoms with Gasteiger partial charge in [-0.05, 0) is 194 Å². The van der Waals surface area contributed by atoms with Crippen LogP contribution in [0.25, 0.3) is 31.8 Å². The summed E-state index contributed by atoms with van der Waals surface area (Å²) >= 11 is 3.16. The van der Waals surface area contributed by atoms with Crippen molar-refractivity contribution in [3.05, 3.63) is 106 Å². The van der Waals surface area contributed by atoms with Crippen molar-refractivity contribution < 1.29 is 29.0 Å². The number of carbonyl (C=O) groups excluding carboxylic acids is 4. The van der Waals surface area contributed by atoms with E-state index in [2.05, 4.69) is 74.5 Å². The SMILES string of the molecule is Cc1ncsc1-c1ccc([C@H](C)NC(=O)[C@@H]2C[C@@H](O)CN2C(=O)[C@@H](NC(=O)CC2CCC(NC(=O)c3nc(N4CCCc5c4nnc(Nc4nc6ccccc6s4)c5C)ccc3-c3cnn(CC45CC6(OCCN7CCCC7)C[C@](C)(C4)C[C@](C)(C5)C6)c3C)CC2)C(C)(C)C)cc1. The number of rotatable bonds is 20. The van der Waals surface area contributed by atoms with Gasteiger partial charge in [-0.15, -0.1) is 21.5 Å². The first kappa shape index (κ1) is 67.0. The number of nitrogens with zero attached hydrogens (tertiary/aromatic N) is 10. The van der Waals surface area contributed by atoms with Crippen molar-refractivity contribution in [3.8, 4) is 21.6 Å². The zero-order valence-electron chi connectivity index (χ0n) is 57.9. The fourth-order valence-corrected chi connectivity index (χ4v) is 20.6. The quantitative estimate of drug-likeness (QED) is 0.0477. The number of thiazole rings is 2. The Labute approximate surface area is 577 Å². The fourth-order valence-electron chi connectivity index (χ4n) is 18.9. The van der Waals surface area contributed by atoms with E-state index in [1.807, 2.05) is 101 Å². The number of β-amino-alcohol motifs (C(OH)–C–C–N with tert-alkyl or cyclic N) is 1. The number of pyridine rings is 1. The summed E-state index contributed by atoms with van der Waals surface area (Å²) in [7, 11) is 0. The molecular formula is C75H96N14O6S2. The van der Waals surface area contributed by atoms with Crippen molar-refractivity contribution in [1.82, 2.24) is 60.7 Å². The molecule has 2 aromatic carbocycles. The highest BCUT2D eigenvalue weighted by Crippen LogP contribution is 2.72. The number of likely N-dealkylation sites (tertiary alicyclic amines) is 2. The summed E-state index contributed by atoms with van der Waals surface area (Å²) in [6.07, 6.45) is 15.0. The lowest BCUT2D eigenvalue weighted by molar-refractivity contribution is -0.248. The minimum Gasteiger partial charge on any atom is -0.391 e. The predicted molar refractivity (Wildman–Crippen MR) is 380 cm³/mol. The number of carbonyl (C=O) groups is 4. The summed E-state index contributed by atoms with van der Waals surface area (Å²) in [4.78, 5) is 79.9. The van der Waals surface area contributed by atoms with Gasteiger partial charge < -0.3 is 45.8 Å². The molecule has 3 aliphatic heterocycles. The third kappa shape index (κ3) is 13.8. The topological polar surface area (TPSA) is 238 Å². The van der Waals surface area contributed by atoms with Gasteiger partial charge in [-0.2, -0.15) is 5.10 Å². The molecule has 7 aromatic rings. The number of anilines is 4. The standard InChI is InChI=1S/C75H96N14O6S2/c1-45-54-15-14-30-87(66(54)85-84-65(45)83-70-80-57-16-10-11-17-59(57)97-70)60-27-26-55(56-35-77-89(48(56)4)43-74-38-72(8)37-73(9,39-74)41-75(40-72,42-74)95-32-31-86-28-12-13-29-86)62(81-60)68(93)79-52-24-18-49(19-25-52)33-61(91)82-64(71(5,6)7)69(94)88-36-53(90)34-58(88)67(92)78-46(2)50-20-22-51(23-21-50)63-47(3)76-44-96-63/h10-11,16-17,20-23,26-27,35,44,46,49,52-53,58,64,90H,12-15,18-19,24-25,28-34,36-43H2,1-9H3,(H,78,92)(H,79,93)(H,82,91)(H,80,83,84)/t46-,49?,52?,53+,58-,64+,72-,73+,74?,75?/m0/s1. The molecule has 8 atom stereocenters. The van der Waals surface area contributed by atoms with Gasteiger partial charge in [-0.3, -0.25) is 23.9 Å². The van der Waals surface area contributed by atoms with E-state index in [-0.39, 0.29) is 77.0 Å². The third-order valence-corrected chi connectivity index (χ3v) is 24.5. The number of nitrogens with one attached hydrogen (secondary N) is 4. The predicted octanol–water partition coefficient (Wildman–Crippen LogP) is 12.5. The van der Waals surface area contributed by atoms with Gasteiger partial charge in [-0.25, -0.2) is 15.0 Å². The van der Waals surface area contributed by atoms with Gasteiger partial charge in [0.15, 0.2) is 16.8 Å². The van der Waals surface area contributed by atoms with E-state index < -0.39 is 29.5 Å². The highest BCUT2D eigenvalue weighted by Gasteiger charge is 2.66. The van der Waals surface area contributed by atoms with Crippen LogP contribution in [0.1, 0.15) is 182 Å². The number of aliphatic hydroxyl groups excluding tert-OH is 1. The summed E-state index contributed by atoms with van der Waals surface area (Å²) in [6.45, 7) is 24.4. The number of amides is 4. The van der Waals surface area contributed by atoms with Crippen molar-refractivity contribution in [2.24, 2.45) is 27.6 Å². The molecule has 97 heavy (non-hydrogen) atoms. The van der Waals surface area contributed by atoms with Crippen LogP contribution in [0.2, 0.25) is 0 Å². The lowest BCUT2D eigenvalue weighted by atomic mass is 9.39. The van der Waals surface area contributed by atoms with Crippen LogP contribution in [0.15, 0.2) is 72.4 Å². The number of para-hydroxylation sites is 1. The van der Waals surface area contributed by atoms with E-state index in [1.54, 1.807) is 22.7 Å². The van der Waals surface area contributed by atoms with Crippen LogP contribution in [-0.4, -0.2) is 143 Å². The van der Waals surface area contributed by atoms with E-state index in [4.69, 9.17) is 30.0 Å². The van der Waals surface area contributed by atoms with Crippen LogP contribution in [0.4, 0.5) is 22.6 Å². The van der Waals surface area contributed by atoms with Gasteiger partial charge in [0.05, 0.1) is 56.8 Å². The molecule has 5 N–H and O–H groups in total. The van der Waals surface area contributed by atoms with E-state index in [0.717, 1.165) is 130 Å². The van der Waals surface area contributed by atoms with E-state index in [9.17, 15) is 19.5 Å². The second-order valence-electron chi connectivity index (χ2n) is 31.7. The number of hydrogen-bond acceptors (Lipinski definition) is 17. The number of aryl methyl sites for hydroxylation is 1. The molecule has 2 unspecified atom stereocenters. The zero-order chi connectivity index (χ0) is 67.8. The lowest BCUT2D eigenvalue weighted by Crippen LogP contribution is -2.64. The summed E-state index contributed by atoms with van der Waals surface area (Å²) in [5.74, 6) is 0.732. The molecule has 5 aromatic heterocycles. The monoisotopic (exact) mass is 1350 g/mol. The Bertz CT molecular complexity index is 4060. The van der Waals surface area contributed by atoms with Crippen molar-refractivity contribution >= 4 is 79.1 Å². The molecule has 5 saturated carbocycles. The lowest BCUT2D eigenvalue weighted by Gasteiger charge is -2.69. The first-order chi connectivity index (χ1) is 46.4. The first-order valence-electron chi connectivity index (χ1n) is 35.5. The molecule has 8 heterocycles. The number of hydrogen-bond donors (Lipinski definition) is 5. The molecule has 15 rings (SSSR count). The minimum absolute atomic E-state index is 0.0132. The Hall–Kier alpha value is -7.24. The van der Waals surface area contributed by atoms with Gasteiger partial charge >= 0.3 is 0 Å². The van der Waals surface area contributed by atoms with Gasteiger partial charge in [0, 0.05) is 73.0 Å². The van der Waals surface area contributed by atoms with E-state index in [1.165, 1.54) is 37.3 Å². The van der Waals surface area contributed by atoms with Gasteiger partial charge in [0.2, 0.25) is 17.7 Å². The van der Waals surface area contributed by atoms with Crippen LogP contribution in [0, 0.1) is 48.3 Å². The van der Waals surface area contributed by atoms with Gasteiger partial charge in [0.1, 0.15) is 23.6 Å². The number of aliphatic hydroxyl groups is 1. The molecule has 20 nitrogen and oxygen atoms in total. The summed E-state index contributed by atoms with van der Waals surface area (Å²) in [6, 6.07) is 17.8. The van der Waals surface area contributed by atoms with E-state index >= 15 is 4.79 Å². The second kappa shape index (κ2) is 26.5. The molecule has 22 heteroatoms. The van der Waals surface area contributed by atoms with Gasteiger partial charge in [-0.1, -0.05) is 82.4 Å². The van der Waals surface area contributed by atoms with E-state index in [0.29, 0.717) is 55.1 Å². The molecule has 0 radical (unpaired) electrons. The van der Waals surface area contributed by atoms with Crippen LogP contribution < -0.4 is 26.2 Å².